The number of aliphatic carboxylic acids is 1. The van der Waals surface area contributed by atoms with Gasteiger partial charge in [-0.2, -0.15) is 0 Å². The monoisotopic (exact) mass is 239 g/mol. The summed E-state index contributed by atoms with van der Waals surface area (Å²) in [6, 6.07) is 11.7. The Kier molecular flexibility index (Phi) is 3.53. The molecule has 0 amide bonds. The second-order valence-corrected chi connectivity index (χ2v) is 3.90. The van der Waals surface area contributed by atoms with Crippen LogP contribution >= 0.6 is 0 Å². The van der Waals surface area contributed by atoms with Crippen molar-refractivity contribution in [2.45, 2.75) is 6.92 Å². The molecule has 18 heavy (non-hydrogen) atoms. The average molecular weight is 239 g/mol. The molecule has 0 atom stereocenters. The lowest BCUT2D eigenvalue weighted by molar-refractivity contribution is -0.131. The zero-order chi connectivity index (χ0) is 13.0. The van der Waals surface area contributed by atoms with Crippen LogP contribution in [0.2, 0.25) is 0 Å². The SMILES string of the molecule is Cc1nccc(-c2ccccc2)c1C=CC(=O)O. The van der Waals surface area contributed by atoms with Crippen molar-refractivity contribution in [1.82, 2.24) is 4.98 Å². The molecule has 1 N–H and O–H groups in total. The van der Waals surface area contributed by atoms with Crippen LogP contribution in [0.3, 0.4) is 0 Å². The summed E-state index contributed by atoms with van der Waals surface area (Å²) in [7, 11) is 0. The highest BCUT2D eigenvalue weighted by Gasteiger charge is 2.06. The Hall–Kier alpha value is -2.42. The number of nitrogens with zero attached hydrogens (tertiary/aromatic N) is 1. The molecule has 3 heteroatoms. The first kappa shape index (κ1) is 12.0. The van der Waals surface area contributed by atoms with Crippen molar-refractivity contribution in [3.05, 3.63) is 59.9 Å². The number of carbonyl (C=O) groups is 1. The highest BCUT2D eigenvalue weighted by Crippen LogP contribution is 2.25. The van der Waals surface area contributed by atoms with Crippen LogP contribution in [0, 0.1) is 6.92 Å². The molecule has 0 unspecified atom stereocenters. The molecule has 2 aromatic rings. The van der Waals surface area contributed by atoms with Crippen LogP contribution < -0.4 is 0 Å². The van der Waals surface area contributed by atoms with E-state index in [2.05, 4.69) is 4.98 Å². The molecule has 1 aromatic heterocycles. The first-order valence-corrected chi connectivity index (χ1v) is 5.60. The fourth-order valence-electron chi connectivity index (χ4n) is 1.81. The molecule has 0 fully saturated rings. The minimum absolute atomic E-state index is 0.814. The van der Waals surface area contributed by atoms with Crippen molar-refractivity contribution in [2.75, 3.05) is 0 Å². The quantitative estimate of drug-likeness (QED) is 0.837. The van der Waals surface area contributed by atoms with E-state index in [9.17, 15) is 4.79 Å². The molecule has 0 saturated carbocycles. The predicted molar refractivity (Wildman–Crippen MR) is 71.1 cm³/mol. The Morgan fingerprint density at radius 2 is 1.94 bits per heavy atom. The molecule has 2 rings (SSSR count). The summed E-state index contributed by atoms with van der Waals surface area (Å²) in [5.74, 6) is -0.961. The van der Waals surface area contributed by atoms with E-state index < -0.39 is 5.97 Å². The Balaban J connectivity index is 2.54. The van der Waals surface area contributed by atoms with Crippen molar-refractivity contribution >= 4 is 12.0 Å². The minimum Gasteiger partial charge on any atom is -0.478 e. The van der Waals surface area contributed by atoms with Crippen molar-refractivity contribution in [2.24, 2.45) is 0 Å². The van der Waals surface area contributed by atoms with Crippen LogP contribution in [0.15, 0.2) is 48.7 Å². The molecule has 0 aliphatic rings. The first-order chi connectivity index (χ1) is 8.68. The zero-order valence-electron chi connectivity index (χ0n) is 10.00. The molecule has 1 heterocycles. The smallest absolute Gasteiger partial charge is 0.328 e. The lowest BCUT2D eigenvalue weighted by Gasteiger charge is -2.08. The van der Waals surface area contributed by atoms with Crippen molar-refractivity contribution in [3.8, 4) is 11.1 Å². The molecule has 3 nitrogen and oxygen atoms in total. The van der Waals surface area contributed by atoms with Crippen LogP contribution in [0.4, 0.5) is 0 Å². The molecule has 90 valence electrons. The Labute approximate surface area is 105 Å². The van der Waals surface area contributed by atoms with Gasteiger partial charge in [0.2, 0.25) is 0 Å². The summed E-state index contributed by atoms with van der Waals surface area (Å²) in [6.45, 7) is 1.87. The molecule has 0 aliphatic carbocycles. The number of carboxylic acid groups (broad SMARTS) is 1. The largest absolute Gasteiger partial charge is 0.478 e. The van der Waals surface area contributed by atoms with E-state index in [1.165, 1.54) is 0 Å². The van der Waals surface area contributed by atoms with E-state index in [1.807, 2.05) is 43.3 Å². The number of carboxylic acids is 1. The molecule has 0 aliphatic heterocycles. The average Bonchev–Trinajstić information content (AvgIpc) is 2.38. The maximum absolute atomic E-state index is 10.6. The van der Waals surface area contributed by atoms with Gasteiger partial charge in [0, 0.05) is 23.5 Å². The minimum atomic E-state index is -0.961. The molecule has 0 saturated heterocycles. The predicted octanol–water partition coefficient (Wildman–Crippen LogP) is 3.15. The fraction of sp³-hybridized carbons (Fsp3) is 0.0667. The van der Waals surface area contributed by atoms with E-state index in [1.54, 1.807) is 12.3 Å². The highest BCUT2D eigenvalue weighted by molar-refractivity contribution is 5.88. The molecule has 0 radical (unpaired) electrons. The number of rotatable bonds is 3. The van der Waals surface area contributed by atoms with Gasteiger partial charge in [-0.1, -0.05) is 30.3 Å². The second kappa shape index (κ2) is 5.27. The van der Waals surface area contributed by atoms with Gasteiger partial charge in [0.15, 0.2) is 0 Å². The van der Waals surface area contributed by atoms with Gasteiger partial charge in [-0.3, -0.25) is 4.98 Å². The summed E-state index contributed by atoms with van der Waals surface area (Å²) in [5.41, 5.74) is 3.69. The zero-order valence-corrected chi connectivity index (χ0v) is 10.00. The van der Waals surface area contributed by atoms with Crippen molar-refractivity contribution in [1.29, 1.82) is 0 Å². The number of hydrogen-bond donors (Lipinski definition) is 1. The highest BCUT2D eigenvalue weighted by atomic mass is 16.4. The van der Waals surface area contributed by atoms with Crippen LogP contribution in [0.1, 0.15) is 11.3 Å². The van der Waals surface area contributed by atoms with Gasteiger partial charge in [-0.05, 0) is 30.2 Å². The summed E-state index contributed by atoms with van der Waals surface area (Å²) < 4.78 is 0. The van der Waals surface area contributed by atoms with Gasteiger partial charge in [-0.15, -0.1) is 0 Å². The topological polar surface area (TPSA) is 50.2 Å². The van der Waals surface area contributed by atoms with Crippen LogP contribution in [0.25, 0.3) is 17.2 Å². The number of aryl methyl sites for hydroxylation is 1. The van der Waals surface area contributed by atoms with Crippen molar-refractivity contribution in [3.63, 3.8) is 0 Å². The van der Waals surface area contributed by atoms with E-state index >= 15 is 0 Å². The number of pyridine rings is 1. The fourth-order valence-corrected chi connectivity index (χ4v) is 1.81. The third kappa shape index (κ3) is 2.63. The van der Waals surface area contributed by atoms with E-state index in [-0.39, 0.29) is 0 Å². The van der Waals surface area contributed by atoms with Gasteiger partial charge in [0.05, 0.1) is 0 Å². The van der Waals surface area contributed by atoms with E-state index in [4.69, 9.17) is 5.11 Å². The second-order valence-electron chi connectivity index (χ2n) is 3.90. The maximum atomic E-state index is 10.6. The number of aromatic nitrogens is 1. The summed E-state index contributed by atoms with van der Waals surface area (Å²) in [4.78, 5) is 14.8. The molecule has 1 aromatic carbocycles. The first-order valence-electron chi connectivity index (χ1n) is 5.60. The van der Waals surface area contributed by atoms with Gasteiger partial charge < -0.3 is 5.11 Å². The van der Waals surface area contributed by atoms with Gasteiger partial charge >= 0.3 is 5.97 Å². The van der Waals surface area contributed by atoms with Crippen LogP contribution in [-0.2, 0) is 4.79 Å². The van der Waals surface area contributed by atoms with E-state index in [0.717, 1.165) is 28.5 Å². The third-order valence-electron chi connectivity index (χ3n) is 2.67. The van der Waals surface area contributed by atoms with Crippen LogP contribution in [-0.4, -0.2) is 16.1 Å². The molecular formula is C15H13NO2. The molecular weight excluding hydrogens is 226 g/mol. The lowest BCUT2D eigenvalue weighted by atomic mass is 9.99. The Morgan fingerprint density at radius 1 is 1.22 bits per heavy atom. The summed E-state index contributed by atoms with van der Waals surface area (Å²) in [5, 5.41) is 8.72. The molecule has 0 bridgehead atoms. The Bertz CT molecular complexity index is 589. The van der Waals surface area contributed by atoms with Gasteiger partial charge in [0.25, 0.3) is 0 Å². The van der Waals surface area contributed by atoms with E-state index in [0.29, 0.717) is 0 Å². The molecule has 0 spiro atoms. The maximum Gasteiger partial charge on any atom is 0.328 e. The number of benzene rings is 1. The summed E-state index contributed by atoms with van der Waals surface area (Å²) >= 11 is 0. The third-order valence-corrected chi connectivity index (χ3v) is 2.67. The van der Waals surface area contributed by atoms with Gasteiger partial charge in [-0.25, -0.2) is 4.79 Å². The normalized spacial score (nSPS) is 10.7. The van der Waals surface area contributed by atoms with Crippen molar-refractivity contribution < 1.29 is 9.90 Å². The standard InChI is InChI=1S/C15H13NO2/c1-11-13(7-8-15(17)18)14(9-10-16-11)12-5-3-2-4-6-12/h2-10H,1H3,(H,17,18). The van der Waals surface area contributed by atoms with Crippen LogP contribution in [0.5, 0.6) is 0 Å². The Morgan fingerprint density at radius 3 is 2.61 bits per heavy atom. The number of hydrogen-bond acceptors (Lipinski definition) is 2. The van der Waals surface area contributed by atoms with Gasteiger partial charge in [0.1, 0.15) is 0 Å². The lowest BCUT2D eigenvalue weighted by Crippen LogP contribution is -1.92. The summed E-state index contributed by atoms with van der Waals surface area (Å²) in [6.07, 6.45) is 4.46.